The van der Waals surface area contributed by atoms with E-state index in [9.17, 15) is 0 Å². The molecule has 0 aliphatic carbocycles. The number of rotatable bonds is 9. The van der Waals surface area contributed by atoms with Crippen LogP contribution in [0.3, 0.4) is 0 Å². The van der Waals surface area contributed by atoms with Crippen LogP contribution in [0.2, 0.25) is 13.3 Å². The Hall–Kier alpha value is -0.00130. The Kier molecular flexibility index (Phi) is 18.2. The van der Waals surface area contributed by atoms with Crippen LogP contribution in [0.5, 0.6) is 0 Å². The molecule has 0 aromatic carbocycles. The van der Waals surface area contributed by atoms with E-state index in [0.29, 0.717) is 0 Å². The van der Waals surface area contributed by atoms with Gasteiger partial charge in [-0.15, -0.1) is 10.1 Å². The molecular weight excluding hydrogens is 325 g/mol. The molecule has 0 unspecified atom stereocenters. The second-order valence-corrected chi connectivity index (χ2v) is 12.9. The molecule has 0 saturated heterocycles. The van der Waals surface area contributed by atoms with E-state index in [1.165, 1.54) is 38.5 Å². The summed E-state index contributed by atoms with van der Waals surface area (Å²) >= 11 is -0.839. The van der Waals surface area contributed by atoms with Gasteiger partial charge in [0.25, 0.3) is 5.09 Å². The predicted octanol–water partition coefficient (Wildman–Crippen LogP) is 4.53. The Morgan fingerprint density at radius 3 is 1.35 bits per heavy atom. The molecule has 0 aromatic rings. The van der Waals surface area contributed by atoms with Crippen molar-refractivity contribution in [2.45, 2.75) is 72.6 Å². The van der Waals surface area contributed by atoms with Gasteiger partial charge in [0, 0.05) is 0 Å². The second kappa shape index (κ2) is 16.0. The molecule has 5 heteroatoms. The molecule has 0 bridgehead atoms. The van der Waals surface area contributed by atoms with Crippen LogP contribution in [0.15, 0.2) is 0 Å². The Bertz CT molecular complexity index is 145. The topological polar surface area (TPSA) is 63.4 Å². The Labute approximate surface area is 113 Å². The minimum Gasteiger partial charge on any atom is -0.328 e. The number of nitrogens with zero attached hydrogens (tertiary/aromatic N) is 1. The zero-order valence-electron chi connectivity index (χ0n) is 11.6. The molecule has 103 valence electrons. The van der Waals surface area contributed by atoms with Gasteiger partial charge in [-0.05, 0) is 0 Å². The molecule has 4 nitrogen and oxygen atoms in total. The molecule has 0 heterocycles. The van der Waals surface area contributed by atoms with Crippen LogP contribution in [-0.4, -0.2) is 30.1 Å². The molecule has 0 atom stereocenters. The van der Waals surface area contributed by atoms with Gasteiger partial charge in [0.15, 0.2) is 0 Å². The first-order valence-electron chi connectivity index (χ1n) is 6.75. The van der Waals surface area contributed by atoms with E-state index in [-0.39, 0.29) is 0 Å². The molecule has 17 heavy (non-hydrogen) atoms. The average molecular weight is 353 g/mol. The number of hydrogen-bond donors (Lipinski definition) is 1. The first-order valence-corrected chi connectivity index (χ1v) is 12.8. The predicted molar refractivity (Wildman–Crippen MR) is 73.7 cm³/mol. The van der Waals surface area contributed by atoms with Crippen LogP contribution in [-0.2, 0) is 0 Å². The Morgan fingerprint density at radius 2 is 1.18 bits per heavy atom. The number of unbranched alkanes of at least 4 members (excludes halogenated alkanes) is 3. The van der Waals surface area contributed by atoms with Crippen LogP contribution in [0, 0.1) is 10.1 Å². The van der Waals surface area contributed by atoms with E-state index >= 15 is 0 Å². The molecule has 0 rings (SSSR count). The van der Waals surface area contributed by atoms with Crippen LogP contribution in [0.4, 0.5) is 0 Å². The van der Waals surface area contributed by atoms with Crippen LogP contribution in [0.1, 0.15) is 59.3 Å². The zero-order valence-corrected chi connectivity index (χ0v) is 14.4. The fourth-order valence-electron chi connectivity index (χ4n) is 1.66. The molecule has 0 saturated carbocycles. The van der Waals surface area contributed by atoms with Gasteiger partial charge in [0.1, 0.15) is 0 Å². The van der Waals surface area contributed by atoms with Gasteiger partial charge in [-0.3, -0.25) is 0 Å². The smallest absolute Gasteiger partial charge is 0.291 e. The van der Waals surface area contributed by atoms with E-state index in [2.05, 4.69) is 20.8 Å². The van der Waals surface area contributed by atoms with Crippen molar-refractivity contribution < 1.29 is 10.3 Å². The van der Waals surface area contributed by atoms with E-state index in [0.717, 1.165) is 0 Å². The van der Waals surface area contributed by atoms with Crippen molar-refractivity contribution in [1.82, 2.24) is 0 Å². The van der Waals surface area contributed by atoms with Crippen molar-refractivity contribution in [2.24, 2.45) is 0 Å². The summed E-state index contributed by atoms with van der Waals surface area (Å²) in [7, 11) is 0. The van der Waals surface area contributed by atoms with Crippen LogP contribution in [0.25, 0.3) is 0 Å². The molecule has 0 fully saturated rings. The standard InChI is InChI=1S/3C4H9.HNO3.Sn/c3*1-3-4-2;2-1(3)4;/h3*1,3-4H2,2H3;(H,2,3,4);. The van der Waals surface area contributed by atoms with Crippen LogP contribution < -0.4 is 0 Å². The van der Waals surface area contributed by atoms with E-state index in [4.69, 9.17) is 15.3 Å². The van der Waals surface area contributed by atoms with Crippen molar-refractivity contribution in [3.63, 3.8) is 0 Å². The largest absolute Gasteiger partial charge is 0.328 e. The summed E-state index contributed by atoms with van der Waals surface area (Å²) in [5.74, 6) is 0. The van der Waals surface area contributed by atoms with Crippen molar-refractivity contribution >= 4 is 19.8 Å². The Balaban J connectivity index is 0. The molecule has 0 aliphatic heterocycles. The van der Waals surface area contributed by atoms with Crippen LogP contribution >= 0.6 is 0 Å². The van der Waals surface area contributed by atoms with Crippen molar-refractivity contribution in [1.29, 1.82) is 0 Å². The van der Waals surface area contributed by atoms with Gasteiger partial charge in [-0.1, -0.05) is 0 Å². The van der Waals surface area contributed by atoms with Gasteiger partial charge in [0.2, 0.25) is 0 Å². The molecule has 0 aromatic heterocycles. The summed E-state index contributed by atoms with van der Waals surface area (Å²) < 4.78 is 5.04. The molecule has 1 radical (unpaired) electrons. The second-order valence-electron chi connectivity index (χ2n) is 4.30. The summed E-state index contributed by atoms with van der Waals surface area (Å²) in [5, 5.41) is 13.6. The third kappa shape index (κ3) is 21.8. The zero-order chi connectivity index (χ0) is 13.5. The Morgan fingerprint density at radius 1 is 0.941 bits per heavy atom. The van der Waals surface area contributed by atoms with Crippen molar-refractivity contribution in [3.05, 3.63) is 10.1 Å². The maximum atomic E-state index is 8.36. The maximum Gasteiger partial charge on any atom is 0.291 e. The fraction of sp³-hybridized carbons (Fsp3) is 1.00. The number of hydrogen-bond acceptors (Lipinski definition) is 2. The molecule has 0 amide bonds. The monoisotopic (exact) mass is 354 g/mol. The summed E-state index contributed by atoms with van der Waals surface area (Å²) in [4.78, 5) is 8.36. The normalized spacial score (nSPS) is 9.88. The SMILES string of the molecule is CCC[CH2][Sn]([CH2]CCC)[CH2]CCC.O=[N+]([O-])O. The van der Waals surface area contributed by atoms with Gasteiger partial charge in [-0.2, -0.15) is 0 Å². The third-order valence-electron chi connectivity index (χ3n) is 2.65. The summed E-state index contributed by atoms with van der Waals surface area (Å²) in [5.41, 5.74) is 0. The third-order valence-corrected chi connectivity index (χ3v) is 11.7. The molecule has 1 N–H and O–H groups in total. The van der Waals surface area contributed by atoms with Crippen molar-refractivity contribution in [2.75, 3.05) is 0 Å². The van der Waals surface area contributed by atoms with Gasteiger partial charge in [-0.25, -0.2) is 0 Å². The summed E-state index contributed by atoms with van der Waals surface area (Å²) in [6, 6.07) is 0. The summed E-state index contributed by atoms with van der Waals surface area (Å²) in [6.45, 7) is 7.00. The van der Waals surface area contributed by atoms with E-state index in [1.54, 1.807) is 13.3 Å². The molecular formula is C12H28NO3Sn. The van der Waals surface area contributed by atoms with Gasteiger partial charge in [0.05, 0.1) is 0 Å². The molecule has 0 aliphatic rings. The quantitative estimate of drug-likeness (QED) is 0.376. The minimum atomic E-state index is -1.50. The van der Waals surface area contributed by atoms with Crippen molar-refractivity contribution in [3.8, 4) is 0 Å². The summed E-state index contributed by atoms with van der Waals surface area (Å²) in [6.07, 6.45) is 8.85. The average Bonchev–Trinajstić information content (AvgIpc) is 2.27. The first kappa shape index (κ1) is 19.3. The van der Waals surface area contributed by atoms with Gasteiger partial charge >= 0.3 is 92.4 Å². The van der Waals surface area contributed by atoms with E-state index < -0.39 is 24.8 Å². The van der Waals surface area contributed by atoms with E-state index in [1.807, 2.05) is 0 Å². The fourth-order valence-corrected chi connectivity index (χ4v) is 11.1. The maximum absolute atomic E-state index is 8.36. The first-order chi connectivity index (χ1) is 8.08. The molecule has 0 spiro atoms. The minimum absolute atomic E-state index is 0.839. The van der Waals surface area contributed by atoms with Gasteiger partial charge < -0.3 is 5.21 Å².